The van der Waals surface area contributed by atoms with Crippen molar-refractivity contribution in [3.8, 4) is 5.75 Å². The van der Waals surface area contributed by atoms with Crippen LogP contribution in [-0.4, -0.2) is 18.1 Å². The molecule has 70 valence electrons. The Hall–Kier alpha value is -1.64. The first-order valence-electron chi connectivity index (χ1n) is 3.80. The Morgan fingerprint density at radius 3 is 2.93 bits per heavy atom. The minimum Gasteiger partial charge on any atom is -0.459 e. The van der Waals surface area contributed by atoms with Crippen LogP contribution in [0.3, 0.4) is 0 Å². The fourth-order valence-electron chi connectivity index (χ4n) is 1.27. The van der Waals surface area contributed by atoms with E-state index in [9.17, 15) is 9.59 Å². The van der Waals surface area contributed by atoms with Crippen LogP contribution in [0.5, 0.6) is 5.75 Å². The maximum atomic E-state index is 11.5. The molecule has 2 rings (SSSR count). The molecule has 1 aliphatic rings. The molecule has 1 aliphatic heterocycles. The molecular weight excluding hydrogens is 206 g/mol. The molecule has 0 aliphatic carbocycles. The third-order valence-corrected chi connectivity index (χ3v) is 2.17. The highest BCUT2D eigenvalue weighted by atomic mass is 35.5. The minimum absolute atomic E-state index is 0.276. The van der Waals surface area contributed by atoms with Crippen LogP contribution in [0.15, 0.2) is 23.2 Å². The molecule has 1 heterocycles. The Kier molecular flexibility index (Phi) is 2.08. The zero-order chi connectivity index (χ0) is 10.1. The number of carbonyl (C=O) groups is 1. The van der Waals surface area contributed by atoms with Crippen LogP contribution < -0.4 is 4.74 Å². The lowest BCUT2D eigenvalue weighted by Crippen LogP contribution is -2.17. The highest BCUT2D eigenvalue weighted by Crippen LogP contribution is 2.34. The summed E-state index contributed by atoms with van der Waals surface area (Å²) in [5.41, 5.74) is 0.276. The second kappa shape index (κ2) is 3.25. The third kappa shape index (κ3) is 1.21. The normalized spacial score (nSPS) is 18.4. The van der Waals surface area contributed by atoms with Crippen molar-refractivity contribution in [3.05, 3.63) is 28.8 Å². The van der Waals surface area contributed by atoms with E-state index in [0.717, 1.165) is 0 Å². The van der Waals surface area contributed by atoms with Gasteiger partial charge in [-0.25, -0.2) is 4.79 Å². The second-order valence-electron chi connectivity index (χ2n) is 2.67. The number of hydrogen-bond acceptors (Lipinski definition) is 4. The Balaban J connectivity index is 2.51. The molecule has 0 saturated carbocycles. The summed E-state index contributed by atoms with van der Waals surface area (Å²) in [4.78, 5) is 24.7. The van der Waals surface area contributed by atoms with Crippen LogP contribution in [0, 0.1) is 0 Å². The fourth-order valence-corrected chi connectivity index (χ4v) is 1.53. The molecule has 0 spiro atoms. The number of isocyanates is 1. The van der Waals surface area contributed by atoms with E-state index in [1.54, 1.807) is 18.2 Å². The van der Waals surface area contributed by atoms with Gasteiger partial charge in [-0.2, -0.15) is 4.99 Å². The predicted molar refractivity (Wildman–Crippen MR) is 48.3 cm³/mol. The number of ketones is 1. The van der Waals surface area contributed by atoms with Crippen LogP contribution in [0.25, 0.3) is 0 Å². The van der Waals surface area contributed by atoms with Crippen LogP contribution in [-0.2, 0) is 4.79 Å². The maximum absolute atomic E-state index is 11.5. The largest absolute Gasteiger partial charge is 0.459 e. The van der Waals surface area contributed by atoms with Gasteiger partial charge >= 0.3 is 0 Å². The Labute approximate surface area is 84.2 Å². The van der Waals surface area contributed by atoms with Crippen molar-refractivity contribution in [1.29, 1.82) is 0 Å². The van der Waals surface area contributed by atoms with E-state index in [-0.39, 0.29) is 5.56 Å². The second-order valence-corrected chi connectivity index (χ2v) is 3.08. The lowest BCUT2D eigenvalue weighted by molar-refractivity contribution is 0.0868. The summed E-state index contributed by atoms with van der Waals surface area (Å²) in [7, 11) is 0. The summed E-state index contributed by atoms with van der Waals surface area (Å²) < 4.78 is 5.08. The molecule has 14 heavy (non-hydrogen) atoms. The Morgan fingerprint density at radius 1 is 1.50 bits per heavy atom. The number of aliphatic imine (C=N–C) groups is 1. The minimum atomic E-state index is -1.12. The van der Waals surface area contributed by atoms with Crippen molar-refractivity contribution < 1.29 is 14.3 Å². The van der Waals surface area contributed by atoms with Crippen molar-refractivity contribution >= 4 is 23.5 Å². The molecule has 0 fully saturated rings. The third-order valence-electron chi connectivity index (χ3n) is 1.85. The van der Waals surface area contributed by atoms with Crippen molar-refractivity contribution in [3.63, 3.8) is 0 Å². The van der Waals surface area contributed by atoms with E-state index >= 15 is 0 Å². The van der Waals surface area contributed by atoms with E-state index in [0.29, 0.717) is 10.8 Å². The van der Waals surface area contributed by atoms with Crippen LogP contribution in [0.4, 0.5) is 0 Å². The molecule has 5 heteroatoms. The van der Waals surface area contributed by atoms with Gasteiger partial charge in [0.05, 0.1) is 10.6 Å². The average Bonchev–Trinajstić information content (AvgIpc) is 2.46. The van der Waals surface area contributed by atoms with Crippen molar-refractivity contribution in [1.82, 2.24) is 0 Å². The highest BCUT2D eigenvalue weighted by Gasteiger charge is 2.33. The van der Waals surface area contributed by atoms with Gasteiger partial charge in [-0.15, -0.1) is 0 Å². The summed E-state index contributed by atoms with van der Waals surface area (Å²) in [6, 6.07) is 4.83. The quantitative estimate of drug-likeness (QED) is 0.521. The zero-order valence-electron chi connectivity index (χ0n) is 6.86. The molecule has 0 saturated heterocycles. The SMILES string of the molecule is O=C=NC1Oc2cccc(Cl)c2C1=O. The van der Waals surface area contributed by atoms with Crippen LogP contribution in [0.1, 0.15) is 10.4 Å². The molecule has 0 amide bonds. The number of ether oxygens (including phenoxy) is 1. The van der Waals surface area contributed by atoms with Crippen molar-refractivity contribution in [2.45, 2.75) is 6.23 Å². The van der Waals surface area contributed by atoms with Gasteiger partial charge in [-0.05, 0) is 12.1 Å². The van der Waals surface area contributed by atoms with Gasteiger partial charge < -0.3 is 4.74 Å². The number of halogens is 1. The monoisotopic (exact) mass is 209 g/mol. The summed E-state index contributed by atoms with van der Waals surface area (Å²) >= 11 is 5.79. The molecule has 1 aromatic rings. The number of nitrogens with zero attached hydrogens (tertiary/aromatic N) is 1. The molecule has 0 aromatic heterocycles. The topological polar surface area (TPSA) is 55.7 Å². The van der Waals surface area contributed by atoms with E-state index in [1.165, 1.54) is 6.08 Å². The summed E-state index contributed by atoms with van der Waals surface area (Å²) in [6.07, 6.45) is 0.158. The first-order valence-corrected chi connectivity index (χ1v) is 4.18. The fraction of sp³-hybridized carbons (Fsp3) is 0.111. The van der Waals surface area contributed by atoms with Gasteiger partial charge in [0.1, 0.15) is 5.75 Å². The van der Waals surface area contributed by atoms with Gasteiger partial charge in [0.15, 0.2) is 0 Å². The first kappa shape index (κ1) is 8.94. The predicted octanol–water partition coefficient (Wildman–Crippen LogP) is 1.58. The van der Waals surface area contributed by atoms with Gasteiger partial charge in [0, 0.05) is 0 Å². The lowest BCUT2D eigenvalue weighted by atomic mass is 10.1. The van der Waals surface area contributed by atoms with E-state index in [1.807, 2.05) is 0 Å². The van der Waals surface area contributed by atoms with Crippen LogP contribution >= 0.6 is 11.6 Å². The highest BCUT2D eigenvalue weighted by molar-refractivity contribution is 6.35. The lowest BCUT2D eigenvalue weighted by Gasteiger charge is -1.98. The van der Waals surface area contributed by atoms with E-state index < -0.39 is 12.0 Å². The first-order chi connectivity index (χ1) is 6.74. The number of carbonyl (C=O) groups excluding carboxylic acids is 2. The molecule has 0 bridgehead atoms. The standard InChI is InChI=1S/C9H4ClNO3/c10-5-2-1-3-6-7(5)8(13)9(14-6)11-4-12/h1-3,9H. The molecule has 4 nitrogen and oxygen atoms in total. The summed E-state index contributed by atoms with van der Waals surface area (Å²) in [5, 5.41) is 0.302. The smallest absolute Gasteiger partial charge is 0.264 e. The van der Waals surface area contributed by atoms with Gasteiger partial charge in [-0.1, -0.05) is 17.7 Å². The number of benzene rings is 1. The van der Waals surface area contributed by atoms with E-state index in [4.69, 9.17) is 16.3 Å². The van der Waals surface area contributed by atoms with Gasteiger partial charge in [-0.3, -0.25) is 4.79 Å². The Morgan fingerprint density at radius 2 is 2.29 bits per heavy atom. The molecule has 1 aromatic carbocycles. The average molecular weight is 210 g/mol. The molecule has 1 atom stereocenters. The molecule has 0 N–H and O–H groups in total. The number of rotatable bonds is 1. The molecular formula is C9H4ClNO3. The van der Waals surface area contributed by atoms with Crippen molar-refractivity contribution in [2.75, 3.05) is 0 Å². The maximum Gasteiger partial charge on any atom is 0.264 e. The molecule has 1 unspecified atom stereocenters. The number of hydrogen-bond donors (Lipinski definition) is 0. The number of fused-ring (bicyclic) bond motifs is 1. The van der Waals surface area contributed by atoms with Gasteiger partial charge in [0.25, 0.3) is 6.23 Å². The Bertz CT molecular complexity index is 451. The van der Waals surface area contributed by atoms with Crippen molar-refractivity contribution in [2.24, 2.45) is 4.99 Å². The molecule has 0 radical (unpaired) electrons. The zero-order valence-corrected chi connectivity index (χ0v) is 7.62. The van der Waals surface area contributed by atoms with Gasteiger partial charge in [0.2, 0.25) is 11.9 Å². The summed E-state index contributed by atoms with van der Waals surface area (Å²) in [5.74, 6) is -0.0551. The van der Waals surface area contributed by atoms with E-state index in [2.05, 4.69) is 4.99 Å². The van der Waals surface area contributed by atoms with Crippen LogP contribution in [0.2, 0.25) is 5.02 Å². The summed E-state index contributed by atoms with van der Waals surface area (Å²) in [6.45, 7) is 0. The number of Topliss-reactive ketones (excluding diaryl/α,β-unsaturated/α-hetero) is 1.